The summed E-state index contributed by atoms with van der Waals surface area (Å²) in [6.07, 6.45) is -2.30. The molecule has 1 heterocycles. The van der Waals surface area contributed by atoms with Crippen molar-refractivity contribution in [2.24, 2.45) is 0 Å². The highest BCUT2D eigenvalue weighted by atomic mass is 19.4. The van der Waals surface area contributed by atoms with E-state index in [0.717, 1.165) is 31.5 Å². The van der Waals surface area contributed by atoms with Crippen LogP contribution in [-0.4, -0.2) is 13.1 Å². The lowest BCUT2D eigenvalue weighted by Gasteiger charge is -2.23. The maximum absolute atomic E-state index is 12.8. The highest BCUT2D eigenvalue weighted by Gasteiger charge is 2.35. The van der Waals surface area contributed by atoms with E-state index >= 15 is 0 Å². The van der Waals surface area contributed by atoms with Crippen LogP contribution in [0.15, 0.2) is 18.2 Å². The Morgan fingerprint density at radius 3 is 2.31 bits per heavy atom. The first kappa shape index (κ1) is 11.3. The molecule has 1 fully saturated rings. The van der Waals surface area contributed by atoms with Crippen molar-refractivity contribution in [2.75, 3.05) is 18.0 Å². The first-order valence-electron chi connectivity index (χ1n) is 5.41. The van der Waals surface area contributed by atoms with Crippen LogP contribution in [-0.2, 0) is 6.18 Å². The molecule has 1 aliphatic heterocycles. The molecule has 1 aliphatic rings. The predicted octanol–water partition coefficient (Wildman–Crippen LogP) is 3.61. The fraction of sp³-hybridized carbons (Fsp3) is 0.500. The molecule has 1 aromatic rings. The van der Waals surface area contributed by atoms with Crippen molar-refractivity contribution in [3.8, 4) is 0 Å². The number of anilines is 1. The van der Waals surface area contributed by atoms with Crippen LogP contribution in [0.3, 0.4) is 0 Å². The minimum Gasteiger partial charge on any atom is -0.371 e. The number of rotatable bonds is 1. The van der Waals surface area contributed by atoms with Crippen LogP contribution in [0, 0.1) is 6.92 Å². The zero-order valence-corrected chi connectivity index (χ0v) is 9.14. The van der Waals surface area contributed by atoms with E-state index in [9.17, 15) is 13.2 Å². The van der Waals surface area contributed by atoms with E-state index in [0.29, 0.717) is 5.69 Å². The molecule has 1 nitrogen and oxygen atoms in total. The summed E-state index contributed by atoms with van der Waals surface area (Å²) >= 11 is 0. The maximum atomic E-state index is 12.8. The molecule has 0 atom stereocenters. The quantitative estimate of drug-likeness (QED) is 0.711. The highest BCUT2D eigenvalue weighted by molar-refractivity contribution is 5.57. The van der Waals surface area contributed by atoms with Crippen LogP contribution in [0.2, 0.25) is 0 Å². The molecule has 0 aromatic heterocycles. The lowest BCUT2D eigenvalue weighted by molar-refractivity contribution is -0.137. The third kappa shape index (κ3) is 2.15. The second kappa shape index (κ2) is 4.00. The summed E-state index contributed by atoms with van der Waals surface area (Å²) in [6.45, 7) is 3.28. The first-order valence-corrected chi connectivity index (χ1v) is 5.41. The number of aryl methyl sites for hydroxylation is 1. The van der Waals surface area contributed by atoms with Crippen LogP contribution in [0.25, 0.3) is 0 Å². The second-order valence-corrected chi connectivity index (χ2v) is 4.21. The summed E-state index contributed by atoms with van der Waals surface area (Å²) in [4.78, 5) is 1.83. The van der Waals surface area contributed by atoms with Crippen molar-refractivity contribution in [1.29, 1.82) is 0 Å². The maximum Gasteiger partial charge on any atom is 0.418 e. The van der Waals surface area contributed by atoms with E-state index in [1.165, 1.54) is 12.1 Å². The van der Waals surface area contributed by atoms with Gasteiger partial charge in [-0.05, 0) is 37.5 Å². The number of benzene rings is 1. The highest BCUT2D eigenvalue weighted by Crippen LogP contribution is 2.38. The molecule has 0 saturated carbocycles. The molecule has 16 heavy (non-hydrogen) atoms. The van der Waals surface area contributed by atoms with Gasteiger partial charge in [0.05, 0.1) is 5.56 Å². The SMILES string of the molecule is Cc1ccc(C(F)(F)F)c(N2CCCC2)c1. The van der Waals surface area contributed by atoms with Crippen LogP contribution in [0.1, 0.15) is 24.0 Å². The number of halogens is 3. The topological polar surface area (TPSA) is 3.24 Å². The van der Waals surface area contributed by atoms with Gasteiger partial charge in [-0.15, -0.1) is 0 Å². The molecule has 0 bridgehead atoms. The van der Waals surface area contributed by atoms with E-state index < -0.39 is 11.7 Å². The zero-order chi connectivity index (χ0) is 11.8. The van der Waals surface area contributed by atoms with Gasteiger partial charge in [0.15, 0.2) is 0 Å². The van der Waals surface area contributed by atoms with Crippen molar-refractivity contribution >= 4 is 5.69 Å². The zero-order valence-electron chi connectivity index (χ0n) is 9.14. The third-order valence-electron chi connectivity index (χ3n) is 2.91. The average Bonchev–Trinajstić information content (AvgIpc) is 2.68. The van der Waals surface area contributed by atoms with Gasteiger partial charge in [0.1, 0.15) is 0 Å². The van der Waals surface area contributed by atoms with Gasteiger partial charge in [0.2, 0.25) is 0 Å². The van der Waals surface area contributed by atoms with Crippen molar-refractivity contribution in [1.82, 2.24) is 0 Å². The molecule has 1 aromatic carbocycles. The van der Waals surface area contributed by atoms with Crippen LogP contribution in [0.5, 0.6) is 0 Å². The van der Waals surface area contributed by atoms with E-state index in [1.54, 1.807) is 6.07 Å². The summed E-state index contributed by atoms with van der Waals surface area (Å²) in [5.41, 5.74) is 0.694. The number of hydrogen-bond donors (Lipinski definition) is 0. The Kier molecular flexibility index (Phi) is 2.82. The van der Waals surface area contributed by atoms with Crippen LogP contribution >= 0.6 is 0 Å². The van der Waals surface area contributed by atoms with Gasteiger partial charge in [-0.25, -0.2) is 0 Å². The molecule has 0 unspecified atom stereocenters. The van der Waals surface area contributed by atoms with Crippen molar-refractivity contribution in [3.63, 3.8) is 0 Å². The Morgan fingerprint density at radius 1 is 1.12 bits per heavy atom. The normalized spacial score (nSPS) is 16.9. The fourth-order valence-electron chi connectivity index (χ4n) is 2.10. The second-order valence-electron chi connectivity index (χ2n) is 4.21. The van der Waals surface area contributed by atoms with Gasteiger partial charge in [-0.2, -0.15) is 13.2 Å². The van der Waals surface area contributed by atoms with E-state index in [-0.39, 0.29) is 0 Å². The molecule has 1 saturated heterocycles. The summed E-state index contributed by atoms with van der Waals surface area (Å²) in [5.74, 6) is 0. The van der Waals surface area contributed by atoms with Crippen molar-refractivity contribution < 1.29 is 13.2 Å². The van der Waals surface area contributed by atoms with E-state index in [1.807, 2.05) is 11.8 Å². The number of hydrogen-bond acceptors (Lipinski definition) is 1. The predicted molar refractivity (Wildman–Crippen MR) is 57.6 cm³/mol. The van der Waals surface area contributed by atoms with Gasteiger partial charge >= 0.3 is 6.18 Å². The average molecular weight is 229 g/mol. The van der Waals surface area contributed by atoms with Gasteiger partial charge in [-0.3, -0.25) is 0 Å². The first-order chi connectivity index (χ1) is 7.48. The summed E-state index contributed by atoms with van der Waals surface area (Å²) in [6, 6.07) is 4.33. The van der Waals surface area contributed by atoms with Gasteiger partial charge in [-0.1, -0.05) is 6.07 Å². The Morgan fingerprint density at radius 2 is 1.75 bits per heavy atom. The molecule has 0 aliphatic carbocycles. The number of alkyl halides is 3. The van der Waals surface area contributed by atoms with E-state index in [4.69, 9.17) is 0 Å². The minimum atomic E-state index is -4.26. The Balaban J connectivity index is 2.43. The molecular weight excluding hydrogens is 215 g/mol. The van der Waals surface area contributed by atoms with Crippen LogP contribution in [0.4, 0.5) is 18.9 Å². The fourth-order valence-corrected chi connectivity index (χ4v) is 2.10. The molecule has 88 valence electrons. The smallest absolute Gasteiger partial charge is 0.371 e. The Labute approximate surface area is 92.9 Å². The lowest BCUT2D eigenvalue weighted by atomic mass is 10.1. The minimum absolute atomic E-state index is 0.338. The molecule has 0 N–H and O–H groups in total. The monoisotopic (exact) mass is 229 g/mol. The number of nitrogens with zero attached hydrogens (tertiary/aromatic N) is 1. The largest absolute Gasteiger partial charge is 0.418 e. The third-order valence-corrected chi connectivity index (χ3v) is 2.91. The van der Waals surface area contributed by atoms with Crippen molar-refractivity contribution in [2.45, 2.75) is 25.9 Å². The standard InChI is InChI=1S/C12H14F3N/c1-9-4-5-10(12(13,14)15)11(8-9)16-6-2-3-7-16/h4-5,8H,2-3,6-7H2,1H3. The van der Waals surface area contributed by atoms with Crippen molar-refractivity contribution in [3.05, 3.63) is 29.3 Å². The van der Waals surface area contributed by atoms with Gasteiger partial charge < -0.3 is 4.90 Å². The summed E-state index contributed by atoms with van der Waals surface area (Å²) < 4.78 is 38.4. The molecule has 4 heteroatoms. The summed E-state index contributed by atoms with van der Waals surface area (Å²) in [7, 11) is 0. The van der Waals surface area contributed by atoms with Gasteiger partial charge in [0, 0.05) is 18.8 Å². The molecule has 0 radical (unpaired) electrons. The van der Waals surface area contributed by atoms with Gasteiger partial charge in [0.25, 0.3) is 0 Å². The van der Waals surface area contributed by atoms with E-state index in [2.05, 4.69) is 0 Å². The Bertz CT molecular complexity index is 378. The molecular formula is C12H14F3N. The van der Waals surface area contributed by atoms with Crippen LogP contribution < -0.4 is 4.90 Å². The lowest BCUT2D eigenvalue weighted by Crippen LogP contribution is -2.22. The summed E-state index contributed by atoms with van der Waals surface area (Å²) in [5, 5.41) is 0. The molecule has 2 rings (SSSR count). The Hall–Kier alpha value is -1.19. The molecule has 0 amide bonds. The molecule has 0 spiro atoms.